The zero-order valence-electron chi connectivity index (χ0n) is 9.56. The molecule has 86 valence electrons. The molecule has 0 amide bonds. The second-order valence-corrected chi connectivity index (χ2v) is 4.15. The van der Waals surface area contributed by atoms with E-state index in [1.165, 1.54) is 0 Å². The maximum Gasteiger partial charge on any atom is 0.350 e. The zero-order chi connectivity index (χ0) is 12.5. The molecule has 0 spiro atoms. The van der Waals surface area contributed by atoms with Crippen LogP contribution in [0.25, 0.3) is 6.08 Å². The van der Waals surface area contributed by atoms with Crippen LogP contribution in [0.15, 0.2) is 40.0 Å². The van der Waals surface area contributed by atoms with Crippen molar-refractivity contribution in [2.45, 2.75) is 19.4 Å². The summed E-state index contributed by atoms with van der Waals surface area (Å²) in [6.07, 6.45) is 4.94. The quantitative estimate of drug-likeness (QED) is 0.730. The minimum atomic E-state index is -0.773. The van der Waals surface area contributed by atoms with Crippen molar-refractivity contribution in [3.8, 4) is 6.07 Å². The van der Waals surface area contributed by atoms with Crippen LogP contribution in [0.2, 0.25) is 0 Å². The summed E-state index contributed by atoms with van der Waals surface area (Å²) in [6.45, 7) is 3.49. The predicted octanol–water partition coefficient (Wildman–Crippen LogP) is 2.45. The Morgan fingerprint density at radius 2 is 2.18 bits per heavy atom. The van der Waals surface area contributed by atoms with Crippen molar-refractivity contribution in [1.82, 2.24) is 0 Å². The molecule has 0 N–H and O–H groups in total. The molecule has 4 nitrogen and oxygen atoms in total. The van der Waals surface area contributed by atoms with Crippen molar-refractivity contribution in [3.63, 3.8) is 0 Å². The molecule has 0 saturated carbocycles. The van der Waals surface area contributed by atoms with E-state index in [0.717, 1.165) is 0 Å². The van der Waals surface area contributed by atoms with E-state index in [1.807, 2.05) is 6.07 Å². The Balaban J connectivity index is 2.38. The molecule has 1 aromatic heterocycles. The lowest BCUT2D eigenvalue weighted by Crippen LogP contribution is -2.22. The molecule has 0 bridgehead atoms. The second-order valence-electron chi connectivity index (χ2n) is 4.15. The lowest BCUT2D eigenvalue weighted by Gasteiger charge is -2.18. The highest BCUT2D eigenvalue weighted by Gasteiger charge is 2.39. The molecule has 1 aliphatic heterocycles. The van der Waals surface area contributed by atoms with E-state index in [1.54, 1.807) is 44.4 Å². The molecule has 4 heteroatoms. The molecule has 0 radical (unpaired) electrons. The fourth-order valence-electron chi connectivity index (χ4n) is 1.69. The van der Waals surface area contributed by atoms with Gasteiger partial charge >= 0.3 is 5.97 Å². The molecule has 1 aromatic rings. The summed E-state index contributed by atoms with van der Waals surface area (Å²) in [5, 5.41) is 8.93. The van der Waals surface area contributed by atoms with E-state index in [4.69, 9.17) is 14.4 Å². The number of carbonyl (C=O) groups excluding carboxylic acids is 1. The summed E-state index contributed by atoms with van der Waals surface area (Å²) >= 11 is 0. The summed E-state index contributed by atoms with van der Waals surface area (Å²) in [6, 6.07) is 5.42. The summed E-state index contributed by atoms with van der Waals surface area (Å²) < 4.78 is 10.3. The van der Waals surface area contributed by atoms with E-state index in [9.17, 15) is 4.79 Å². The van der Waals surface area contributed by atoms with Crippen LogP contribution in [0.4, 0.5) is 0 Å². The minimum absolute atomic E-state index is 0.0535. The Bertz CT molecular complexity index is 542. The average molecular weight is 229 g/mol. The van der Waals surface area contributed by atoms with E-state index in [-0.39, 0.29) is 5.57 Å². The SMILES string of the molecule is CC1(C)OC(=O)C(C#N)=C1/C=C/c1ccco1. The van der Waals surface area contributed by atoms with Crippen LogP contribution in [-0.2, 0) is 9.53 Å². The van der Waals surface area contributed by atoms with Crippen LogP contribution in [-0.4, -0.2) is 11.6 Å². The van der Waals surface area contributed by atoms with Gasteiger partial charge < -0.3 is 9.15 Å². The van der Waals surface area contributed by atoms with Crippen molar-refractivity contribution in [2.75, 3.05) is 0 Å². The van der Waals surface area contributed by atoms with Gasteiger partial charge in [-0.1, -0.05) is 0 Å². The third-order valence-corrected chi connectivity index (χ3v) is 2.54. The number of cyclic esters (lactones) is 1. The van der Waals surface area contributed by atoms with Crippen LogP contribution in [0.3, 0.4) is 0 Å². The number of esters is 1. The van der Waals surface area contributed by atoms with Gasteiger partial charge in [0.15, 0.2) is 0 Å². The van der Waals surface area contributed by atoms with Crippen LogP contribution in [0.1, 0.15) is 19.6 Å². The van der Waals surface area contributed by atoms with Crippen molar-refractivity contribution in [2.24, 2.45) is 0 Å². The number of carbonyl (C=O) groups is 1. The number of ether oxygens (including phenoxy) is 1. The Labute approximate surface area is 98.8 Å². The summed E-state index contributed by atoms with van der Waals surface area (Å²) in [5.41, 5.74) is -0.148. The molecule has 0 saturated heterocycles. The first kappa shape index (κ1) is 11.2. The average Bonchev–Trinajstić information content (AvgIpc) is 2.81. The van der Waals surface area contributed by atoms with Crippen molar-refractivity contribution in [1.29, 1.82) is 5.26 Å². The lowest BCUT2D eigenvalue weighted by atomic mass is 9.95. The van der Waals surface area contributed by atoms with Gasteiger partial charge in [0.25, 0.3) is 0 Å². The summed E-state index contributed by atoms with van der Waals surface area (Å²) in [7, 11) is 0. The fourth-order valence-corrected chi connectivity index (χ4v) is 1.69. The monoisotopic (exact) mass is 229 g/mol. The van der Waals surface area contributed by atoms with Crippen LogP contribution in [0.5, 0.6) is 0 Å². The van der Waals surface area contributed by atoms with Crippen LogP contribution < -0.4 is 0 Å². The fraction of sp³-hybridized carbons (Fsp3) is 0.231. The van der Waals surface area contributed by atoms with Gasteiger partial charge in [-0.3, -0.25) is 0 Å². The molecule has 0 unspecified atom stereocenters. The number of nitrogens with zero attached hydrogens (tertiary/aromatic N) is 1. The first-order valence-electron chi connectivity index (χ1n) is 5.14. The highest BCUT2D eigenvalue weighted by atomic mass is 16.6. The Kier molecular flexibility index (Phi) is 2.60. The number of furan rings is 1. The maximum absolute atomic E-state index is 11.4. The Hall–Kier alpha value is -2.28. The van der Waals surface area contributed by atoms with Gasteiger partial charge in [-0.2, -0.15) is 5.26 Å². The number of nitriles is 1. The molecule has 0 fully saturated rings. The van der Waals surface area contributed by atoms with Crippen molar-refractivity contribution >= 4 is 12.0 Å². The molecular formula is C13H11NO3. The van der Waals surface area contributed by atoms with E-state index >= 15 is 0 Å². The Morgan fingerprint density at radius 1 is 1.41 bits per heavy atom. The zero-order valence-corrected chi connectivity index (χ0v) is 9.56. The van der Waals surface area contributed by atoms with E-state index in [0.29, 0.717) is 11.3 Å². The van der Waals surface area contributed by atoms with Crippen molar-refractivity contribution < 1.29 is 13.9 Å². The smallest absolute Gasteiger partial charge is 0.350 e. The summed E-state index contributed by atoms with van der Waals surface area (Å²) in [5.74, 6) is 0.0848. The van der Waals surface area contributed by atoms with Gasteiger partial charge in [0, 0.05) is 5.57 Å². The van der Waals surface area contributed by atoms with Gasteiger partial charge in [0.2, 0.25) is 0 Å². The molecular weight excluding hydrogens is 218 g/mol. The van der Waals surface area contributed by atoms with Gasteiger partial charge in [-0.05, 0) is 38.1 Å². The number of rotatable bonds is 2. The predicted molar refractivity (Wildman–Crippen MR) is 60.6 cm³/mol. The van der Waals surface area contributed by atoms with Crippen LogP contribution >= 0.6 is 0 Å². The minimum Gasteiger partial charge on any atom is -0.465 e. The van der Waals surface area contributed by atoms with Crippen molar-refractivity contribution in [3.05, 3.63) is 41.4 Å². The highest BCUT2D eigenvalue weighted by molar-refractivity contribution is 5.98. The van der Waals surface area contributed by atoms with E-state index < -0.39 is 11.6 Å². The standard InChI is InChI=1S/C13H11NO3/c1-13(2)11(10(8-14)12(15)17-13)6-5-9-4-3-7-16-9/h3-7H,1-2H3/b6-5+. The first-order valence-corrected chi connectivity index (χ1v) is 5.14. The topological polar surface area (TPSA) is 63.2 Å². The molecule has 0 atom stereocenters. The molecule has 0 aromatic carbocycles. The molecule has 0 aliphatic carbocycles. The third kappa shape index (κ3) is 2.00. The van der Waals surface area contributed by atoms with Gasteiger partial charge in [0.1, 0.15) is 23.0 Å². The normalized spacial score (nSPS) is 18.5. The molecule has 1 aliphatic rings. The van der Waals surface area contributed by atoms with Gasteiger partial charge in [-0.25, -0.2) is 4.79 Å². The molecule has 2 rings (SSSR count). The third-order valence-electron chi connectivity index (χ3n) is 2.54. The number of hydrogen-bond donors (Lipinski definition) is 0. The lowest BCUT2D eigenvalue weighted by molar-refractivity contribution is -0.144. The molecule has 2 heterocycles. The number of hydrogen-bond acceptors (Lipinski definition) is 4. The summed E-state index contributed by atoms with van der Waals surface area (Å²) in [4.78, 5) is 11.4. The maximum atomic E-state index is 11.4. The van der Waals surface area contributed by atoms with Gasteiger partial charge in [-0.15, -0.1) is 0 Å². The van der Waals surface area contributed by atoms with E-state index in [2.05, 4.69) is 0 Å². The highest BCUT2D eigenvalue weighted by Crippen LogP contribution is 2.33. The van der Waals surface area contributed by atoms with Gasteiger partial charge in [0.05, 0.1) is 6.26 Å². The van der Waals surface area contributed by atoms with Crippen LogP contribution in [0, 0.1) is 11.3 Å². The second kappa shape index (κ2) is 3.95. The molecule has 17 heavy (non-hydrogen) atoms. The first-order chi connectivity index (χ1) is 8.04. The largest absolute Gasteiger partial charge is 0.465 e. The Morgan fingerprint density at radius 3 is 2.76 bits per heavy atom.